The lowest BCUT2D eigenvalue weighted by Gasteiger charge is -2.13. The highest BCUT2D eigenvalue weighted by atomic mass is 35.5. The molecule has 5 rings (SSSR count). The average Bonchev–Trinajstić information content (AvgIpc) is 3.48. The van der Waals surface area contributed by atoms with Crippen LogP contribution in [0.1, 0.15) is 16.8 Å². The summed E-state index contributed by atoms with van der Waals surface area (Å²) in [6, 6.07) is 22.2. The number of rotatable bonds is 9. The van der Waals surface area contributed by atoms with Crippen molar-refractivity contribution in [3.05, 3.63) is 106 Å². The van der Waals surface area contributed by atoms with Gasteiger partial charge in [0.2, 0.25) is 0 Å². The maximum absolute atomic E-state index is 12.1. The highest BCUT2D eigenvalue weighted by Crippen LogP contribution is 2.25. The third-order valence-electron chi connectivity index (χ3n) is 5.99. The summed E-state index contributed by atoms with van der Waals surface area (Å²) >= 11 is 12.2. The zero-order valence-electron chi connectivity index (χ0n) is 19.2. The Morgan fingerprint density at radius 3 is 2.56 bits per heavy atom. The first-order valence-corrected chi connectivity index (χ1v) is 12.2. The number of fused-ring (bicyclic) bond motifs is 1. The zero-order valence-corrected chi connectivity index (χ0v) is 20.7. The van der Waals surface area contributed by atoms with Gasteiger partial charge in [0, 0.05) is 35.6 Å². The summed E-state index contributed by atoms with van der Waals surface area (Å²) in [5.41, 5.74) is 5.08. The van der Waals surface area contributed by atoms with Crippen molar-refractivity contribution in [1.29, 1.82) is 0 Å². The Labute approximate surface area is 217 Å². The van der Waals surface area contributed by atoms with Crippen molar-refractivity contribution >= 4 is 40.1 Å². The second-order valence-corrected chi connectivity index (χ2v) is 9.29. The summed E-state index contributed by atoms with van der Waals surface area (Å²) in [7, 11) is 0. The molecule has 0 unspecified atom stereocenters. The number of hydrogen-bond acceptors (Lipinski definition) is 4. The smallest absolute Gasteiger partial charge is 0.321 e. The van der Waals surface area contributed by atoms with Crippen LogP contribution in [-0.2, 0) is 24.3 Å². The predicted octanol–water partition coefficient (Wildman–Crippen LogP) is 5.57. The van der Waals surface area contributed by atoms with Crippen LogP contribution in [0.5, 0.6) is 0 Å². The molecule has 0 fully saturated rings. The molecule has 7 nitrogen and oxygen atoms in total. The van der Waals surface area contributed by atoms with E-state index in [0.717, 1.165) is 27.6 Å². The Morgan fingerprint density at radius 1 is 1.00 bits per heavy atom. The number of aliphatic carboxylic acids is 1. The number of carboxylic acid groups (broad SMARTS) is 1. The number of H-pyrrole nitrogens is 1. The topological polar surface area (TPSA) is 95.8 Å². The van der Waals surface area contributed by atoms with Crippen molar-refractivity contribution in [1.82, 2.24) is 25.3 Å². The van der Waals surface area contributed by atoms with Crippen LogP contribution in [0.2, 0.25) is 10.0 Å². The molecule has 0 saturated heterocycles. The molecule has 0 bridgehead atoms. The molecular weight excluding hydrogens is 497 g/mol. The maximum atomic E-state index is 12.1. The van der Waals surface area contributed by atoms with Crippen LogP contribution < -0.4 is 5.32 Å². The number of aromatic nitrogens is 4. The Hall–Kier alpha value is -3.65. The van der Waals surface area contributed by atoms with E-state index in [4.69, 9.17) is 28.3 Å². The van der Waals surface area contributed by atoms with Crippen LogP contribution in [0.25, 0.3) is 22.2 Å². The summed E-state index contributed by atoms with van der Waals surface area (Å²) in [4.78, 5) is 16.9. The maximum Gasteiger partial charge on any atom is 0.321 e. The van der Waals surface area contributed by atoms with E-state index >= 15 is 0 Å². The van der Waals surface area contributed by atoms with Gasteiger partial charge in [0.25, 0.3) is 0 Å². The number of nitrogens with one attached hydrogen (secondary N) is 2. The van der Waals surface area contributed by atoms with Gasteiger partial charge in [-0.15, -0.1) is 0 Å². The van der Waals surface area contributed by atoms with Crippen LogP contribution in [-0.4, -0.2) is 37.1 Å². The largest absolute Gasteiger partial charge is 0.480 e. The molecule has 0 aliphatic carbocycles. The molecule has 1 atom stereocenters. The van der Waals surface area contributed by atoms with Crippen molar-refractivity contribution in [2.75, 3.05) is 0 Å². The number of hydrogen-bond donors (Lipinski definition) is 3. The summed E-state index contributed by atoms with van der Waals surface area (Å²) in [5.74, 6) is -0.926. The molecule has 182 valence electrons. The molecule has 3 N–H and O–H groups in total. The highest BCUT2D eigenvalue weighted by molar-refractivity contribution is 6.42. The predicted molar refractivity (Wildman–Crippen MR) is 141 cm³/mol. The van der Waals surface area contributed by atoms with E-state index in [-0.39, 0.29) is 6.54 Å². The van der Waals surface area contributed by atoms with E-state index in [1.165, 1.54) is 0 Å². The fraction of sp³-hybridized carbons (Fsp3) is 0.148. The van der Waals surface area contributed by atoms with E-state index in [1.54, 1.807) is 16.9 Å². The fourth-order valence-corrected chi connectivity index (χ4v) is 4.50. The van der Waals surface area contributed by atoms with Gasteiger partial charge in [-0.3, -0.25) is 10.1 Å². The molecule has 9 heteroatoms. The lowest BCUT2D eigenvalue weighted by Crippen LogP contribution is -2.38. The second-order valence-electron chi connectivity index (χ2n) is 8.48. The molecule has 0 aliphatic heterocycles. The zero-order chi connectivity index (χ0) is 25.1. The number of para-hydroxylation sites is 1. The molecule has 2 aromatic heterocycles. The minimum atomic E-state index is -0.926. The Morgan fingerprint density at radius 2 is 1.78 bits per heavy atom. The molecule has 0 amide bonds. The minimum absolute atomic E-state index is 0.241. The monoisotopic (exact) mass is 519 g/mol. The summed E-state index contributed by atoms with van der Waals surface area (Å²) in [5, 5.41) is 24.4. The van der Waals surface area contributed by atoms with Crippen molar-refractivity contribution in [3.63, 3.8) is 0 Å². The van der Waals surface area contributed by atoms with Crippen molar-refractivity contribution in [3.8, 4) is 11.3 Å². The van der Waals surface area contributed by atoms with Crippen LogP contribution in [0.15, 0.2) is 79.0 Å². The van der Waals surface area contributed by atoms with Gasteiger partial charge in [-0.05, 0) is 29.3 Å². The van der Waals surface area contributed by atoms with E-state index < -0.39 is 12.0 Å². The summed E-state index contributed by atoms with van der Waals surface area (Å²) < 4.78 is 0. The van der Waals surface area contributed by atoms with Gasteiger partial charge >= 0.3 is 5.97 Å². The Balaban J connectivity index is 1.39. The lowest BCUT2D eigenvalue weighted by atomic mass is 10.0. The number of benzene rings is 3. The van der Waals surface area contributed by atoms with Gasteiger partial charge in [-0.25, -0.2) is 0 Å². The number of halogens is 2. The molecule has 0 radical (unpaired) electrons. The van der Waals surface area contributed by atoms with Gasteiger partial charge in [-0.2, -0.15) is 15.0 Å². The minimum Gasteiger partial charge on any atom is -0.480 e. The van der Waals surface area contributed by atoms with Crippen molar-refractivity contribution in [2.45, 2.75) is 25.6 Å². The first kappa shape index (κ1) is 24.1. The lowest BCUT2D eigenvalue weighted by molar-refractivity contribution is -0.139. The van der Waals surface area contributed by atoms with Gasteiger partial charge < -0.3 is 10.1 Å². The highest BCUT2D eigenvalue weighted by Gasteiger charge is 2.22. The van der Waals surface area contributed by atoms with Crippen LogP contribution in [0, 0.1) is 0 Å². The number of carboxylic acids is 1. The van der Waals surface area contributed by atoms with Crippen molar-refractivity contribution in [2.24, 2.45) is 0 Å². The van der Waals surface area contributed by atoms with Crippen molar-refractivity contribution < 1.29 is 9.90 Å². The van der Waals surface area contributed by atoms with Gasteiger partial charge in [0.15, 0.2) is 0 Å². The van der Waals surface area contributed by atoms with E-state index in [0.29, 0.717) is 34.4 Å². The number of aromatic amines is 1. The molecule has 36 heavy (non-hydrogen) atoms. The standard InChI is InChI=1S/C27H23Cl2N5O2/c28-21-11-10-17(12-22(21)29)16-34-32-25(26(33-34)18-6-2-1-3-7-18)15-31-24(27(35)36)13-19-14-30-23-9-5-4-8-20(19)23/h1-12,14,24,30-31H,13,15-16H2,(H,35,36)/t24-/m0/s1. The summed E-state index contributed by atoms with van der Waals surface area (Å²) in [6.45, 7) is 0.638. The molecule has 5 aromatic rings. The molecule has 2 heterocycles. The molecule has 0 aliphatic rings. The first-order chi connectivity index (χ1) is 17.5. The van der Waals surface area contributed by atoms with E-state index in [1.807, 2.05) is 66.9 Å². The second kappa shape index (κ2) is 10.5. The molecule has 0 saturated carbocycles. The average molecular weight is 520 g/mol. The van der Waals surface area contributed by atoms with E-state index in [2.05, 4.69) is 15.4 Å². The third kappa shape index (κ3) is 5.28. The third-order valence-corrected chi connectivity index (χ3v) is 6.73. The first-order valence-electron chi connectivity index (χ1n) is 11.4. The summed E-state index contributed by atoms with van der Waals surface area (Å²) in [6.07, 6.45) is 2.20. The van der Waals surface area contributed by atoms with E-state index in [9.17, 15) is 9.90 Å². The van der Waals surface area contributed by atoms with Crippen LogP contribution in [0.3, 0.4) is 0 Å². The van der Waals surface area contributed by atoms with Crippen LogP contribution in [0.4, 0.5) is 0 Å². The Kier molecular flexibility index (Phi) is 7.04. The van der Waals surface area contributed by atoms with Gasteiger partial charge in [0.1, 0.15) is 17.4 Å². The number of nitrogens with zero attached hydrogens (tertiary/aromatic N) is 3. The van der Waals surface area contributed by atoms with Gasteiger partial charge in [-0.1, -0.05) is 77.8 Å². The molecular formula is C27H23Cl2N5O2. The molecule has 3 aromatic carbocycles. The fourth-order valence-electron chi connectivity index (χ4n) is 4.18. The Bertz CT molecular complexity index is 1510. The molecule has 0 spiro atoms. The quantitative estimate of drug-likeness (QED) is 0.236. The van der Waals surface area contributed by atoms with Gasteiger partial charge in [0.05, 0.1) is 16.6 Å². The SMILES string of the molecule is O=C(O)[C@H](Cc1c[nH]c2ccccc12)NCc1nn(Cc2ccc(Cl)c(Cl)c2)nc1-c1ccccc1. The number of carbonyl (C=O) groups is 1. The van der Waals surface area contributed by atoms with Crippen LogP contribution >= 0.6 is 23.2 Å². The normalized spacial score (nSPS) is 12.2.